The third-order valence-corrected chi connectivity index (χ3v) is 5.97. The molecule has 8 heteroatoms. The van der Waals surface area contributed by atoms with Crippen LogP contribution in [0.25, 0.3) is 0 Å². The molecule has 2 rings (SSSR count). The predicted octanol–water partition coefficient (Wildman–Crippen LogP) is 3.32. The highest BCUT2D eigenvalue weighted by Gasteiger charge is 2.21. The standard InChI is InChI=1S/C19H23ClN2O4S/c1-3-26-14-4-13-21-19(23)15-5-9-17(10-6-15)22(2)27(24,25)18-11-7-16(20)8-12-18/h5-12H,3-4,13-14H2,1-2H3,(H,21,23). The van der Waals surface area contributed by atoms with Crippen LogP contribution in [0.4, 0.5) is 5.69 Å². The highest BCUT2D eigenvalue weighted by Crippen LogP contribution is 2.23. The zero-order valence-corrected chi connectivity index (χ0v) is 16.9. The van der Waals surface area contributed by atoms with Crippen molar-refractivity contribution in [2.24, 2.45) is 0 Å². The smallest absolute Gasteiger partial charge is 0.264 e. The van der Waals surface area contributed by atoms with E-state index < -0.39 is 10.0 Å². The van der Waals surface area contributed by atoms with E-state index in [1.807, 2.05) is 6.92 Å². The van der Waals surface area contributed by atoms with E-state index >= 15 is 0 Å². The van der Waals surface area contributed by atoms with E-state index in [9.17, 15) is 13.2 Å². The van der Waals surface area contributed by atoms with Gasteiger partial charge in [0.25, 0.3) is 15.9 Å². The fourth-order valence-corrected chi connectivity index (χ4v) is 3.67. The molecule has 0 saturated carbocycles. The van der Waals surface area contributed by atoms with Crippen LogP contribution in [0.3, 0.4) is 0 Å². The van der Waals surface area contributed by atoms with Crippen molar-refractivity contribution in [1.82, 2.24) is 5.32 Å². The molecule has 0 atom stereocenters. The minimum Gasteiger partial charge on any atom is -0.382 e. The summed E-state index contributed by atoms with van der Waals surface area (Å²) < 4.78 is 31.7. The Hall–Kier alpha value is -2.09. The first kappa shape index (κ1) is 21.2. The fraction of sp³-hybridized carbons (Fsp3) is 0.316. The lowest BCUT2D eigenvalue weighted by Crippen LogP contribution is -2.27. The highest BCUT2D eigenvalue weighted by molar-refractivity contribution is 7.92. The summed E-state index contributed by atoms with van der Waals surface area (Å²) >= 11 is 5.81. The maximum Gasteiger partial charge on any atom is 0.264 e. The van der Waals surface area contributed by atoms with E-state index in [-0.39, 0.29) is 10.8 Å². The Kier molecular flexibility index (Phi) is 7.65. The molecule has 146 valence electrons. The molecule has 0 radical (unpaired) electrons. The van der Waals surface area contributed by atoms with Crippen LogP contribution >= 0.6 is 11.6 Å². The molecule has 1 amide bonds. The summed E-state index contributed by atoms with van der Waals surface area (Å²) in [7, 11) is -2.24. The Morgan fingerprint density at radius 2 is 1.74 bits per heavy atom. The topological polar surface area (TPSA) is 75.7 Å². The van der Waals surface area contributed by atoms with Crippen LogP contribution in [0.2, 0.25) is 5.02 Å². The van der Waals surface area contributed by atoms with E-state index in [4.69, 9.17) is 16.3 Å². The van der Waals surface area contributed by atoms with Crippen molar-refractivity contribution in [3.05, 3.63) is 59.1 Å². The number of hydrogen-bond donors (Lipinski definition) is 1. The third-order valence-electron chi connectivity index (χ3n) is 3.92. The summed E-state index contributed by atoms with van der Waals surface area (Å²) in [5.74, 6) is -0.207. The van der Waals surface area contributed by atoms with Crippen molar-refractivity contribution >= 4 is 33.2 Å². The van der Waals surface area contributed by atoms with Gasteiger partial charge in [-0.15, -0.1) is 0 Å². The highest BCUT2D eigenvalue weighted by atomic mass is 35.5. The molecule has 0 heterocycles. The Labute approximate surface area is 165 Å². The molecule has 0 fully saturated rings. The van der Waals surface area contributed by atoms with Gasteiger partial charge in [0.15, 0.2) is 0 Å². The number of halogens is 1. The van der Waals surface area contributed by atoms with Gasteiger partial charge in [0.2, 0.25) is 0 Å². The lowest BCUT2D eigenvalue weighted by atomic mass is 10.2. The molecule has 6 nitrogen and oxygen atoms in total. The normalized spacial score (nSPS) is 11.2. The molecule has 2 aromatic rings. The van der Waals surface area contributed by atoms with Crippen LogP contribution in [-0.2, 0) is 14.8 Å². The summed E-state index contributed by atoms with van der Waals surface area (Å²) in [6.07, 6.45) is 0.736. The van der Waals surface area contributed by atoms with Crippen molar-refractivity contribution in [2.45, 2.75) is 18.2 Å². The van der Waals surface area contributed by atoms with Crippen molar-refractivity contribution in [3.63, 3.8) is 0 Å². The van der Waals surface area contributed by atoms with Crippen LogP contribution in [0.5, 0.6) is 0 Å². The van der Waals surface area contributed by atoms with Crippen molar-refractivity contribution in [3.8, 4) is 0 Å². The first-order chi connectivity index (χ1) is 12.9. The monoisotopic (exact) mass is 410 g/mol. The van der Waals surface area contributed by atoms with Crippen LogP contribution < -0.4 is 9.62 Å². The molecule has 0 spiro atoms. The maximum atomic E-state index is 12.7. The average Bonchev–Trinajstić information content (AvgIpc) is 2.67. The number of carbonyl (C=O) groups excluding carboxylic acids is 1. The Morgan fingerprint density at radius 3 is 2.33 bits per heavy atom. The molecule has 0 saturated heterocycles. The number of anilines is 1. The van der Waals surface area contributed by atoms with Crippen molar-refractivity contribution < 1.29 is 17.9 Å². The summed E-state index contributed by atoms with van der Waals surface area (Å²) in [6.45, 7) is 3.70. The number of hydrogen-bond acceptors (Lipinski definition) is 4. The Bertz CT molecular complexity index is 852. The van der Waals surface area contributed by atoms with Gasteiger partial charge < -0.3 is 10.1 Å². The molecule has 2 aromatic carbocycles. The van der Waals surface area contributed by atoms with Gasteiger partial charge in [-0.3, -0.25) is 9.10 Å². The minimum atomic E-state index is -3.70. The number of carbonyl (C=O) groups is 1. The van der Waals surface area contributed by atoms with Crippen LogP contribution in [0.1, 0.15) is 23.7 Å². The van der Waals surface area contributed by atoms with Gasteiger partial charge in [-0.1, -0.05) is 11.6 Å². The molecule has 1 N–H and O–H groups in total. The molecular formula is C19H23ClN2O4S. The summed E-state index contributed by atoms with van der Waals surface area (Å²) in [4.78, 5) is 12.3. The number of sulfonamides is 1. The summed E-state index contributed by atoms with van der Waals surface area (Å²) in [5, 5.41) is 3.27. The lowest BCUT2D eigenvalue weighted by molar-refractivity contribution is 0.0944. The molecule has 0 aromatic heterocycles. The number of nitrogens with one attached hydrogen (secondary N) is 1. The molecule has 0 aliphatic rings. The third kappa shape index (κ3) is 5.69. The van der Waals surface area contributed by atoms with Crippen LogP contribution in [0.15, 0.2) is 53.4 Å². The van der Waals surface area contributed by atoms with Gasteiger partial charge in [-0.2, -0.15) is 0 Å². The molecule has 0 aliphatic carbocycles. The zero-order valence-electron chi connectivity index (χ0n) is 15.3. The Balaban J connectivity index is 2.03. The number of benzene rings is 2. The van der Waals surface area contributed by atoms with Gasteiger partial charge in [0, 0.05) is 37.4 Å². The second kappa shape index (κ2) is 9.73. The van der Waals surface area contributed by atoms with Crippen molar-refractivity contribution in [1.29, 1.82) is 0 Å². The first-order valence-corrected chi connectivity index (χ1v) is 10.4. The lowest BCUT2D eigenvalue weighted by Gasteiger charge is -2.19. The van der Waals surface area contributed by atoms with E-state index in [0.29, 0.717) is 36.0 Å². The number of ether oxygens (including phenoxy) is 1. The van der Waals surface area contributed by atoms with Gasteiger partial charge in [0.05, 0.1) is 10.6 Å². The van der Waals surface area contributed by atoms with Gasteiger partial charge in [-0.25, -0.2) is 8.42 Å². The second-order valence-corrected chi connectivity index (χ2v) is 8.19. The minimum absolute atomic E-state index is 0.144. The van der Waals surface area contributed by atoms with Gasteiger partial charge >= 0.3 is 0 Å². The first-order valence-electron chi connectivity index (χ1n) is 8.56. The van der Waals surface area contributed by atoms with E-state index in [1.54, 1.807) is 24.3 Å². The van der Waals surface area contributed by atoms with E-state index in [0.717, 1.165) is 6.42 Å². The van der Waals surface area contributed by atoms with Gasteiger partial charge in [-0.05, 0) is 61.9 Å². The SMILES string of the molecule is CCOCCCNC(=O)c1ccc(N(C)S(=O)(=O)c2ccc(Cl)cc2)cc1. The fourth-order valence-electron chi connectivity index (χ4n) is 2.35. The summed E-state index contributed by atoms with van der Waals surface area (Å²) in [6, 6.07) is 12.4. The molecule has 0 unspecified atom stereocenters. The van der Waals surface area contributed by atoms with E-state index in [1.165, 1.54) is 35.6 Å². The zero-order chi connectivity index (χ0) is 19.9. The van der Waals surface area contributed by atoms with Crippen LogP contribution in [0, 0.1) is 0 Å². The molecule has 27 heavy (non-hydrogen) atoms. The van der Waals surface area contributed by atoms with E-state index in [2.05, 4.69) is 5.32 Å². The second-order valence-electron chi connectivity index (χ2n) is 5.78. The number of rotatable bonds is 9. The maximum absolute atomic E-state index is 12.7. The Morgan fingerprint density at radius 1 is 1.11 bits per heavy atom. The summed E-state index contributed by atoms with van der Waals surface area (Å²) in [5.41, 5.74) is 0.922. The number of nitrogens with zero attached hydrogens (tertiary/aromatic N) is 1. The molecule has 0 aliphatic heterocycles. The predicted molar refractivity (Wildman–Crippen MR) is 107 cm³/mol. The largest absolute Gasteiger partial charge is 0.382 e. The molecular weight excluding hydrogens is 388 g/mol. The quantitative estimate of drug-likeness (QED) is 0.643. The van der Waals surface area contributed by atoms with Gasteiger partial charge in [0.1, 0.15) is 0 Å². The number of amides is 1. The van der Waals surface area contributed by atoms with Crippen LogP contribution in [-0.4, -0.2) is 41.1 Å². The average molecular weight is 411 g/mol. The molecule has 0 bridgehead atoms. The van der Waals surface area contributed by atoms with Crippen molar-refractivity contribution in [2.75, 3.05) is 31.1 Å².